The predicted molar refractivity (Wildman–Crippen MR) is 79.6 cm³/mol. The average molecular weight is 269 g/mol. The summed E-state index contributed by atoms with van der Waals surface area (Å²) in [6, 6.07) is 12.2. The molecule has 3 nitrogen and oxygen atoms in total. The Morgan fingerprint density at radius 3 is 2.75 bits per heavy atom. The van der Waals surface area contributed by atoms with Gasteiger partial charge in [0.05, 0.1) is 7.11 Å². The number of ether oxygens (including phenoxy) is 1. The third-order valence-electron chi connectivity index (χ3n) is 4.10. The largest absolute Gasteiger partial charge is 0.496 e. The molecule has 1 fully saturated rings. The number of hydrogen-bond donors (Lipinski definition) is 1. The first kappa shape index (κ1) is 13.0. The van der Waals surface area contributed by atoms with Crippen LogP contribution in [0, 0.1) is 11.8 Å². The summed E-state index contributed by atoms with van der Waals surface area (Å²) in [5.41, 5.74) is 1.05. The second-order valence-electron chi connectivity index (χ2n) is 5.50. The monoisotopic (exact) mass is 269 g/mol. The molecule has 0 saturated heterocycles. The van der Waals surface area contributed by atoms with Gasteiger partial charge >= 0.3 is 0 Å². The van der Waals surface area contributed by atoms with Gasteiger partial charge in [0.15, 0.2) is 0 Å². The number of methoxy groups -OCH3 is 1. The van der Waals surface area contributed by atoms with E-state index in [9.17, 15) is 4.79 Å². The van der Waals surface area contributed by atoms with Gasteiger partial charge in [-0.05, 0) is 29.2 Å². The zero-order valence-corrected chi connectivity index (χ0v) is 11.8. The first-order chi connectivity index (χ1) is 9.70. The summed E-state index contributed by atoms with van der Waals surface area (Å²) in [6.45, 7) is 2.63. The second kappa shape index (κ2) is 5.16. The molecule has 1 aliphatic rings. The van der Waals surface area contributed by atoms with E-state index in [1.54, 1.807) is 7.11 Å². The Morgan fingerprint density at radius 2 is 2.05 bits per heavy atom. The van der Waals surface area contributed by atoms with E-state index in [1.807, 2.05) is 24.3 Å². The maximum atomic E-state index is 12.0. The molecule has 0 aliphatic heterocycles. The fraction of sp³-hybridized carbons (Fsp3) is 0.353. The number of nitrogens with one attached hydrogen (secondary N) is 1. The van der Waals surface area contributed by atoms with E-state index in [0.717, 1.165) is 28.5 Å². The highest BCUT2D eigenvalue weighted by Gasteiger charge is 2.38. The van der Waals surface area contributed by atoms with Crippen molar-refractivity contribution in [2.75, 3.05) is 7.11 Å². The average Bonchev–Trinajstić information content (AvgIpc) is 3.21. The molecule has 1 saturated carbocycles. The molecule has 0 spiro atoms. The van der Waals surface area contributed by atoms with Crippen LogP contribution in [0.2, 0.25) is 0 Å². The van der Waals surface area contributed by atoms with Gasteiger partial charge in [0, 0.05) is 18.0 Å². The normalized spacial score (nSPS) is 20.7. The van der Waals surface area contributed by atoms with Crippen LogP contribution in [0.15, 0.2) is 36.4 Å². The highest BCUT2D eigenvalue weighted by molar-refractivity contribution is 5.88. The summed E-state index contributed by atoms with van der Waals surface area (Å²) in [5.74, 6) is 1.72. The first-order valence-electron chi connectivity index (χ1n) is 7.03. The SMILES string of the molecule is COc1ccc2ccccc2c1CNC(=O)C1CC1C. The molecule has 0 radical (unpaired) electrons. The minimum atomic E-state index is 0.160. The summed E-state index contributed by atoms with van der Waals surface area (Å²) in [5, 5.41) is 5.34. The molecule has 1 amide bonds. The number of carbonyl (C=O) groups is 1. The molecule has 1 aliphatic carbocycles. The molecule has 2 aromatic carbocycles. The Labute approximate surface area is 118 Å². The third kappa shape index (κ3) is 2.36. The smallest absolute Gasteiger partial charge is 0.223 e. The summed E-state index contributed by atoms with van der Waals surface area (Å²) in [7, 11) is 1.67. The third-order valence-corrected chi connectivity index (χ3v) is 4.10. The summed E-state index contributed by atoms with van der Waals surface area (Å²) in [6.07, 6.45) is 1.01. The van der Waals surface area contributed by atoms with Gasteiger partial charge in [-0.15, -0.1) is 0 Å². The lowest BCUT2D eigenvalue weighted by Crippen LogP contribution is -2.25. The molecule has 3 heteroatoms. The molecule has 3 rings (SSSR count). The molecular weight excluding hydrogens is 250 g/mol. The maximum absolute atomic E-state index is 12.0. The zero-order valence-electron chi connectivity index (χ0n) is 11.8. The Morgan fingerprint density at radius 1 is 1.30 bits per heavy atom. The molecule has 0 heterocycles. The lowest BCUT2D eigenvalue weighted by molar-refractivity contribution is -0.122. The molecule has 20 heavy (non-hydrogen) atoms. The van der Waals surface area contributed by atoms with Crippen molar-refractivity contribution in [3.8, 4) is 5.75 Å². The highest BCUT2D eigenvalue weighted by atomic mass is 16.5. The van der Waals surface area contributed by atoms with Gasteiger partial charge in [-0.3, -0.25) is 4.79 Å². The zero-order chi connectivity index (χ0) is 14.1. The highest BCUT2D eigenvalue weighted by Crippen LogP contribution is 2.38. The number of carbonyl (C=O) groups excluding carboxylic acids is 1. The summed E-state index contributed by atoms with van der Waals surface area (Å²) >= 11 is 0. The second-order valence-corrected chi connectivity index (χ2v) is 5.50. The minimum absolute atomic E-state index is 0.160. The molecule has 2 unspecified atom stereocenters. The van der Waals surface area contributed by atoms with E-state index in [-0.39, 0.29) is 11.8 Å². The van der Waals surface area contributed by atoms with Crippen molar-refractivity contribution in [1.82, 2.24) is 5.32 Å². The van der Waals surface area contributed by atoms with Crippen molar-refractivity contribution in [2.45, 2.75) is 19.9 Å². The Bertz CT molecular complexity index is 650. The molecule has 2 atom stereocenters. The number of rotatable bonds is 4. The van der Waals surface area contributed by atoms with E-state index in [4.69, 9.17) is 4.74 Å². The van der Waals surface area contributed by atoms with Gasteiger partial charge in [-0.25, -0.2) is 0 Å². The van der Waals surface area contributed by atoms with Gasteiger partial charge in [0.2, 0.25) is 5.91 Å². The fourth-order valence-electron chi connectivity index (χ4n) is 2.68. The molecule has 0 aromatic heterocycles. The Kier molecular flexibility index (Phi) is 3.35. The standard InChI is InChI=1S/C17H19NO2/c1-11-9-14(11)17(19)18-10-15-13-6-4-3-5-12(13)7-8-16(15)20-2/h3-8,11,14H,9-10H2,1-2H3,(H,18,19). The van der Waals surface area contributed by atoms with E-state index >= 15 is 0 Å². The number of benzene rings is 2. The Hall–Kier alpha value is -2.03. The molecule has 104 valence electrons. The number of amides is 1. The van der Waals surface area contributed by atoms with Gasteiger partial charge in [0.25, 0.3) is 0 Å². The molecule has 0 bridgehead atoms. The van der Waals surface area contributed by atoms with Gasteiger partial charge in [0.1, 0.15) is 5.75 Å². The van der Waals surface area contributed by atoms with E-state index in [0.29, 0.717) is 12.5 Å². The quantitative estimate of drug-likeness (QED) is 0.926. The van der Waals surface area contributed by atoms with Crippen LogP contribution in [0.3, 0.4) is 0 Å². The van der Waals surface area contributed by atoms with Crippen molar-refractivity contribution in [3.63, 3.8) is 0 Å². The van der Waals surface area contributed by atoms with Crippen LogP contribution in [-0.2, 0) is 11.3 Å². The van der Waals surface area contributed by atoms with Gasteiger partial charge in [-0.2, -0.15) is 0 Å². The predicted octanol–water partition coefficient (Wildman–Crippen LogP) is 3.12. The van der Waals surface area contributed by atoms with E-state index < -0.39 is 0 Å². The number of hydrogen-bond acceptors (Lipinski definition) is 2. The topological polar surface area (TPSA) is 38.3 Å². The van der Waals surface area contributed by atoms with Crippen molar-refractivity contribution in [1.29, 1.82) is 0 Å². The molecule has 2 aromatic rings. The molecule has 1 N–H and O–H groups in total. The maximum Gasteiger partial charge on any atom is 0.223 e. The fourth-order valence-corrected chi connectivity index (χ4v) is 2.68. The van der Waals surface area contributed by atoms with Gasteiger partial charge in [-0.1, -0.05) is 37.3 Å². The summed E-state index contributed by atoms with van der Waals surface area (Å²) < 4.78 is 5.43. The van der Waals surface area contributed by atoms with Crippen LogP contribution in [0.25, 0.3) is 10.8 Å². The lowest BCUT2D eigenvalue weighted by Gasteiger charge is -2.13. The minimum Gasteiger partial charge on any atom is -0.496 e. The summed E-state index contributed by atoms with van der Waals surface area (Å²) in [4.78, 5) is 12.0. The van der Waals surface area contributed by atoms with Crippen molar-refractivity contribution in [3.05, 3.63) is 42.0 Å². The van der Waals surface area contributed by atoms with Crippen molar-refractivity contribution >= 4 is 16.7 Å². The van der Waals surface area contributed by atoms with Crippen molar-refractivity contribution in [2.24, 2.45) is 11.8 Å². The van der Waals surface area contributed by atoms with Crippen LogP contribution in [0.1, 0.15) is 18.9 Å². The van der Waals surface area contributed by atoms with Gasteiger partial charge < -0.3 is 10.1 Å². The van der Waals surface area contributed by atoms with Crippen LogP contribution in [0.5, 0.6) is 5.75 Å². The lowest BCUT2D eigenvalue weighted by atomic mass is 10.0. The van der Waals surface area contributed by atoms with Crippen LogP contribution in [0.4, 0.5) is 0 Å². The molecular formula is C17H19NO2. The first-order valence-corrected chi connectivity index (χ1v) is 7.03. The van der Waals surface area contributed by atoms with Crippen LogP contribution >= 0.6 is 0 Å². The number of fused-ring (bicyclic) bond motifs is 1. The van der Waals surface area contributed by atoms with E-state index in [2.05, 4.69) is 24.4 Å². The van der Waals surface area contributed by atoms with Crippen LogP contribution in [-0.4, -0.2) is 13.0 Å². The Balaban J connectivity index is 1.86. The van der Waals surface area contributed by atoms with E-state index in [1.165, 1.54) is 0 Å². The van der Waals surface area contributed by atoms with Crippen LogP contribution < -0.4 is 10.1 Å². The van der Waals surface area contributed by atoms with Crippen molar-refractivity contribution < 1.29 is 9.53 Å².